The maximum absolute atomic E-state index is 12.5. The quantitative estimate of drug-likeness (QED) is 0.805. The summed E-state index contributed by atoms with van der Waals surface area (Å²) < 4.78 is 26.5. The topological polar surface area (TPSA) is 65.2 Å². The molecule has 2 N–H and O–H groups in total. The molecule has 0 aliphatic heterocycles. The molecule has 110 valence electrons. The number of rotatable bonds is 7. The van der Waals surface area contributed by atoms with Crippen molar-refractivity contribution in [3.05, 3.63) is 18.0 Å². The van der Waals surface area contributed by atoms with E-state index in [1.165, 1.54) is 4.31 Å². The minimum atomic E-state index is -3.44. The standard InChI is InChI=1S/C13H25N3O2S/c1-6-13(3,4)16(5)19(17,18)12-8-11(15-10-12)9-14-7-2/h8,10,14-15H,6-7,9H2,1-5H3. The molecule has 0 bridgehead atoms. The molecule has 19 heavy (non-hydrogen) atoms. The summed E-state index contributed by atoms with van der Waals surface area (Å²) in [6.07, 6.45) is 2.32. The van der Waals surface area contributed by atoms with Crippen molar-refractivity contribution >= 4 is 10.0 Å². The van der Waals surface area contributed by atoms with Crippen molar-refractivity contribution in [3.63, 3.8) is 0 Å². The first-order valence-corrected chi connectivity index (χ1v) is 8.06. The first-order chi connectivity index (χ1) is 8.75. The lowest BCUT2D eigenvalue weighted by Crippen LogP contribution is -2.44. The average molecular weight is 287 g/mol. The van der Waals surface area contributed by atoms with Gasteiger partial charge in [-0.05, 0) is 32.9 Å². The van der Waals surface area contributed by atoms with Gasteiger partial charge in [0.15, 0.2) is 0 Å². The molecule has 1 rings (SSSR count). The molecule has 0 saturated heterocycles. The second kappa shape index (κ2) is 6.07. The summed E-state index contributed by atoms with van der Waals surface area (Å²) in [6, 6.07) is 1.69. The number of nitrogens with zero attached hydrogens (tertiary/aromatic N) is 1. The van der Waals surface area contributed by atoms with Crippen molar-refractivity contribution in [2.45, 2.75) is 51.1 Å². The summed E-state index contributed by atoms with van der Waals surface area (Å²) in [5.41, 5.74) is 0.487. The van der Waals surface area contributed by atoms with E-state index in [9.17, 15) is 8.42 Å². The first-order valence-electron chi connectivity index (χ1n) is 6.62. The molecule has 0 fully saturated rings. The van der Waals surface area contributed by atoms with Crippen LogP contribution in [0.4, 0.5) is 0 Å². The fourth-order valence-corrected chi connectivity index (χ4v) is 3.23. The van der Waals surface area contributed by atoms with Crippen LogP contribution in [-0.4, -0.2) is 36.8 Å². The van der Waals surface area contributed by atoms with Gasteiger partial charge < -0.3 is 10.3 Å². The van der Waals surface area contributed by atoms with E-state index >= 15 is 0 Å². The van der Waals surface area contributed by atoms with Gasteiger partial charge in [0.1, 0.15) is 0 Å². The van der Waals surface area contributed by atoms with Crippen LogP contribution in [0.5, 0.6) is 0 Å². The van der Waals surface area contributed by atoms with E-state index in [4.69, 9.17) is 0 Å². The van der Waals surface area contributed by atoms with Gasteiger partial charge in [0.05, 0.1) is 4.90 Å². The molecule has 0 atom stereocenters. The molecule has 1 aromatic rings. The van der Waals surface area contributed by atoms with Gasteiger partial charge in [0.25, 0.3) is 0 Å². The Morgan fingerprint density at radius 1 is 1.37 bits per heavy atom. The summed E-state index contributed by atoms with van der Waals surface area (Å²) in [5.74, 6) is 0. The number of hydrogen-bond acceptors (Lipinski definition) is 3. The van der Waals surface area contributed by atoms with Crippen LogP contribution >= 0.6 is 0 Å². The van der Waals surface area contributed by atoms with Crippen molar-refractivity contribution < 1.29 is 8.42 Å². The lowest BCUT2D eigenvalue weighted by atomic mass is 10.0. The number of aromatic nitrogens is 1. The van der Waals surface area contributed by atoms with E-state index in [0.717, 1.165) is 18.7 Å². The van der Waals surface area contributed by atoms with Crippen LogP contribution in [0.1, 0.15) is 39.8 Å². The zero-order valence-corrected chi connectivity index (χ0v) is 13.3. The molecule has 1 aromatic heterocycles. The molecular weight excluding hydrogens is 262 g/mol. The number of hydrogen-bond donors (Lipinski definition) is 2. The maximum Gasteiger partial charge on any atom is 0.244 e. The minimum absolute atomic E-state index is 0.324. The van der Waals surface area contributed by atoms with E-state index < -0.39 is 15.6 Å². The van der Waals surface area contributed by atoms with Crippen LogP contribution in [0.25, 0.3) is 0 Å². The molecular formula is C13H25N3O2S. The van der Waals surface area contributed by atoms with Crippen molar-refractivity contribution in [2.75, 3.05) is 13.6 Å². The zero-order chi connectivity index (χ0) is 14.7. The lowest BCUT2D eigenvalue weighted by Gasteiger charge is -2.33. The van der Waals surface area contributed by atoms with E-state index in [1.54, 1.807) is 19.3 Å². The van der Waals surface area contributed by atoms with Gasteiger partial charge in [0, 0.05) is 31.0 Å². The highest BCUT2D eigenvalue weighted by molar-refractivity contribution is 7.89. The summed E-state index contributed by atoms with van der Waals surface area (Å²) in [6.45, 7) is 9.35. The van der Waals surface area contributed by atoms with Crippen LogP contribution < -0.4 is 5.32 Å². The molecule has 0 saturated carbocycles. The monoisotopic (exact) mass is 287 g/mol. The van der Waals surface area contributed by atoms with Crippen molar-refractivity contribution in [1.29, 1.82) is 0 Å². The van der Waals surface area contributed by atoms with E-state index in [0.29, 0.717) is 11.4 Å². The first kappa shape index (κ1) is 16.2. The third kappa shape index (κ3) is 3.58. The predicted octanol–water partition coefficient (Wildman–Crippen LogP) is 1.93. The highest BCUT2D eigenvalue weighted by atomic mass is 32.2. The van der Waals surface area contributed by atoms with Gasteiger partial charge in [-0.1, -0.05) is 13.8 Å². The van der Waals surface area contributed by atoms with Gasteiger partial charge >= 0.3 is 0 Å². The van der Waals surface area contributed by atoms with Crippen molar-refractivity contribution in [3.8, 4) is 0 Å². The lowest BCUT2D eigenvalue weighted by molar-refractivity contribution is 0.257. The normalized spacial score (nSPS) is 13.2. The third-order valence-corrected chi connectivity index (χ3v) is 5.70. The molecule has 0 unspecified atom stereocenters. The minimum Gasteiger partial charge on any atom is -0.363 e. The van der Waals surface area contributed by atoms with Crippen LogP contribution in [0.2, 0.25) is 0 Å². The van der Waals surface area contributed by atoms with Crippen molar-refractivity contribution in [1.82, 2.24) is 14.6 Å². The second-order valence-corrected chi connectivity index (χ2v) is 7.25. The van der Waals surface area contributed by atoms with Gasteiger partial charge in [0.2, 0.25) is 10.0 Å². The summed E-state index contributed by atoms with van der Waals surface area (Å²) in [4.78, 5) is 3.33. The fourth-order valence-electron chi connectivity index (χ4n) is 1.64. The summed E-state index contributed by atoms with van der Waals surface area (Å²) >= 11 is 0. The van der Waals surface area contributed by atoms with Crippen LogP contribution in [0, 0.1) is 0 Å². The maximum atomic E-state index is 12.5. The third-order valence-electron chi connectivity index (χ3n) is 3.66. The largest absolute Gasteiger partial charge is 0.363 e. The Bertz CT molecular complexity index is 506. The molecule has 0 radical (unpaired) electrons. The highest BCUT2D eigenvalue weighted by Crippen LogP contribution is 2.25. The van der Waals surface area contributed by atoms with E-state index in [1.807, 2.05) is 27.7 Å². The second-order valence-electron chi connectivity index (χ2n) is 5.28. The average Bonchev–Trinajstić information content (AvgIpc) is 2.84. The number of sulfonamides is 1. The molecule has 1 heterocycles. The molecule has 5 nitrogen and oxygen atoms in total. The van der Waals surface area contributed by atoms with Crippen LogP contribution in [0.3, 0.4) is 0 Å². The molecule has 0 aliphatic carbocycles. The Hall–Kier alpha value is -0.850. The van der Waals surface area contributed by atoms with Gasteiger partial charge in [-0.25, -0.2) is 8.42 Å². The number of H-pyrrole nitrogens is 1. The van der Waals surface area contributed by atoms with Crippen molar-refractivity contribution in [2.24, 2.45) is 0 Å². The summed E-state index contributed by atoms with van der Waals surface area (Å²) in [7, 11) is -1.80. The van der Waals surface area contributed by atoms with Gasteiger partial charge in [-0.2, -0.15) is 4.31 Å². The van der Waals surface area contributed by atoms with E-state index in [2.05, 4.69) is 10.3 Å². The molecule has 0 aromatic carbocycles. The Labute approximate surface area is 116 Å². The number of nitrogens with one attached hydrogen (secondary N) is 2. The van der Waals surface area contributed by atoms with E-state index in [-0.39, 0.29) is 0 Å². The molecule has 0 aliphatic rings. The Morgan fingerprint density at radius 3 is 2.53 bits per heavy atom. The van der Waals surface area contributed by atoms with Crippen LogP contribution in [-0.2, 0) is 16.6 Å². The van der Waals surface area contributed by atoms with Crippen LogP contribution in [0.15, 0.2) is 17.2 Å². The molecule has 0 amide bonds. The van der Waals surface area contributed by atoms with Gasteiger partial charge in [-0.15, -0.1) is 0 Å². The fraction of sp³-hybridized carbons (Fsp3) is 0.692. The predicted molar refractivity (Wildman–Crippen MR) is 77.5 cm³/mol. The highest BCUT2D eigenvalue weighted by Gasteiger charge is 2.33. The Morgan fingerprint density at radius 2 is 2.00 bits per heavy atom. The molecule has 6 heteroatoms. The SMILES string of the molecule is CCNCc1cc(S(=O)(=O)N(C)C(C)(C)CC)c[nH]1. The zero-order valence-electron chi connectivity index (χ0n) is 12.4. The molecule has 0 spiro atoms. The smallest absolute Gasteiger partial charge is 0.244 e. The van der Waals surface area contributed by atoms with Gasteiger partial charge in [-0.3, -0.25) is 0 Å². The Kier molecular flexibility index (Phi) is 5.18. The Balaban J connectivity index is 2.97. The number of aromatic amines is 1. The summed E-state index contributed by atoms with van der Waals surface area (Å²) in [5, 5.41) is 3.16.